The summed E-state index contributed by atoms with van der Waals surface area (Å²) < 4.78 is 10.8. The molecule has 0 radical (unpaired) electrons. The second-order valence-electron chi connectivity index (χ2n) is 3.88. The molecule has 2 rings (SSSR count). The van der Waals surface area contributed by atoms with Crippen molar-refractivity contribution >= 4 is 11.9 Å². The van der Waals surface area contributed by atoms with E-state index in [2.05, 4.69) is 30.6 Å². The summed E-state index contributed by atoms with van der Waals surface area (Å²) in [7, 11) is 1.73. The fourth-order valence-electron chi connectivity index (χ4n) is 1.49. The van der Waals surface area contributed by atoms with Gasteiger partial charge in [-0.25, -0.2) is 4.98 Å². The first-order chi connectivity index (χ1) is 9.75. The van der Waals surface area contributed by atoms with Crippen LogP contribution in [0.4, 0.5) is 11.9 Å². The van der Waals surface area contributed by atoms with E-state index in [-0.39, 0.29) is 6.01 Å². The molecule has 0 fully saturated rings. The normalized spacial score (nSPS) is 10.3. The molecule has 0 amide bonds. The highest BCUT2D eigenvalue weighted by Gasteiger charge is 2.08. The summed E-state index contributed by atoms with van der Waals surface area (Å²) in [6.07, 6.45) is 2.53. The first-order valence-electron chi connectivity index (χ1n) is 6.49. The molecule has 108 valence electrons. The maximum absolute atomic E-state index is 5.50. The number of rotatable bonds is 7. The Kier molecular flexibility index (Phi) is 4.70. The van der Waals surface area contributed by atoms with E-state index in [1.54, 1.807) is 13.2 Å². The summed E-state index contributed by atoms with van der Waals surface area (Å²) in [5, 5.41) is 5.89. The minimum absolute atomic E-state index is 0.274. The number of hydrogen-bond acceptors (Lipinski definition) is 8. The summed E-state index contributed by atoms with van der Waals surface area (Å²) in [4.78, 5) is 16.6. The van der Waals surface area contributed by atoms with E-state index in [1.165, 1.54) is 0 Å². The van der Waals surface area contributed by atoms with Gasteiger partial charge in [0.2, 0.25) is 17.8 Å². The highest BCUT2D eigenvalue weighted by atomic mass is 16.5. The van der Waals surface area contributed by atoms with Crippen molar-refractivity contribution in [3.63, 3.8) is 0 Å². The first kappa shape index (κ1) is 14.0. The molecular formula is C12H18N6O2. The molecule has 0 saturated heterocycles. The van der Waals surface area contributed by atoms with Gasteiger partial charge in [-0.05, 0) is 6.92 Å². The Morgan fingerprint density at radius 2 is 2.00 bits per heavy atom. The van der Waals surface area contributed by atoms with Crippen molar-refractivity contribution in [2.24, 2.45) is 0 Å². The van der Waals surface area contributed by atoms with E-state index in [9.17, 15) is 0 Å². The zero-order valence-corrected chi connectivity index (χ0v) is 11.8. The van der Waals surface area contributed by atoms with Gasteiger partial charge < -0.3 is 19.8 Å². The molecule has 0 aliphatic rings. The van der Waals surface area contributed by atoms with Crippen LogP contribution in [0.1, 0.15) is 25.5 Å². The molecule has 0 aliphatic heterocycles. The van der Waals surface area contributed by atoms with Gasteiger partial charge in [-0.1, -0.05) is 6.92 Å². The summed E-state index contributed by atoms with van der Waals surface area (Å²) in [5.74, 6) is 2.28. The van der Waals surface area contributed by atoms with Crippen LogP contribution in [0, 0.1) is 0 Å². The molecule has 20 heavy (non-hydrogen) atoms. The molecule has 0 aromatic carbocycles. The number of hydrogen-bond donors (Lipinski definition) is 2. The fourth-order valence-corrected chi connectivity index (χ4v) is 1.49. The number of ether oxygens (including phenoxy) is 1. The van der Waals surface area contributed by atoms with E-state index in [0.717, 1.165) is 12.2 Å². The van der Waals surface area contributed by atoms with Crippen molar-refractivity contribution in [2.75, 3.05) is 24.3 Å². The van der Waals surface area contributed by atoms with Crippen molar-refractivity contribution in [3.8, 4) is 6.01 Å². The predicted molar refractivity (Wildman–Crippen MR) is 73.8 cm³/mol. The van der Waals surface area contributed by atoms with Gasteiger partial charge in [0, 0.05) is 13.5 Å². The highest BCUT2D eigenvalue weighted by Crippen LogP contribution is 2.12. The van der Waals surface area contributed by atoms with Gasteiger partial charge in [-0.2, -0.15) is 15.0 Å². The van der Waals surface area contributed by atoms with Crippen LogP contribution in [-0.4, -0.2) is 33.6 Å². The molecule has 2 N–H and O–H groups in total. The third kappa shape index (κ3) is 3.56. The molecule has 0 atom stereocenters. The number of nitrogens with one attached hydrogen (secondary N) is 2. The molecule has 0 bridgehead atoms. The molecular weight excluding hydrogens is 260 g/mol. The van der Waals surface area contributed by atoms with Crippen LogP contribution in [0.3, 0.4) is 0 Å². The predicted octanol–water partition coefficient (Wildman–Crippen LogP) is 1.47. The lowest BCUT2D eigenvalue weighted by atomic mass is 10.4. The van der Waals surface area contributed by atoms with Crippen LogP contribution in [0.15, 0.2) is 10.6 Å². The second kappa shape index (κ2) is 6.69. The lowest BCUT2D eigenvalue weighted by Gasteiger charge is -2.07. The van der Waals surface area contributed by atoms with Crippen LogP contribution in [-0.2, 0) is 13.0 Å². The average Bonchev–Trinajstić information content (AvgIpc) is 2.93. The number of oxazole rings is 1. The Bertz CT molecular complexity index is 557. The Labute approximate surface area is 117 Å². The van der Waals surface area contributed by atoms with Crippen LogP contribution in [0.2, 0.25) is 0 Å². The lowest BCUT2D eigenvalue weighted by molar-refractivity contribution is 0.312. The summed E-state index contributed by atoms with van der Waals surface area (Å²) >= 11 is 0. The molecule has 8 heteroatoms. The van der Waals surface area contributed by atoms with Crippen molar-refractivity contribution in [1.29, 1.82) is 0 Å². The SMILES string of the molecule is CCOc1nc(NC)nc(NCc2ncc(CC)o2)n1. The fraction of sp³-hybridized carbons (Fsp3) is 0.500. The van der Waals surface area contributed by atoms with E-state index < -0.39 is 0 Å². The molecule has 2 heterocycles. The van der Waals surface area contributed by atoms with Crippen LogP contribution < -0.4 is 15.4 Å². The highest BCUT2D eigenvalue weighted by molar-refractivity contribution is 5.35. The molecule has 8 nitrogen and oxygen atoms in total. The van der Waals surface area contributed by atoms with E-state index in [1.807, 2.05) is 13.8 Å². The third-order valence-electron chi connectivity index (χ3n) is 2.46. The number of aromatic nitrogens is 4. The minimum Gasteiger partial charge on any atom is -0.464 e. The lowest BCUT2D eigenvalue weighted by Crippen LogP contribution is -2.09. The topological polar surface area (TPSA) is 98.0 Å². The first-order valence-corrected chi connectivity index (χ1v) is 6.49. The van der Waals surface area contributed by atoms with Gasteiger partial charge in [-0.15, -0.1) is 0 Å². The Morgan fingerprint density at radius 3 is 2.65 bits per heavy atom. The van der Waals surface area contributed by atoms with Gasteiger partial charge in [0.1, 0.15) is 5.76 Å². The van der Waals surface area contributed by atoms with Crippen molar-refractivity contribution < 1.29 is 9.15 Å². The van der Waals surface area contributed by atoms with E-state index in [4.69, 9.17) is 9.15 Å². The maximum atomic E-state index is 5.50. The number of anilines is 2. The van der Waals surface area contributed by atoms with Gasteiger partial charge in [0.15, 0.2) is 0 Å². The van der Waals surface area contributed by atoms with Gasteiger partial charge in [0.25, 0.3) is 0 Å². The molecule has 2 aromatic heterocycles. The molecule has 0 aliphatic carbocycles. The second-order valence-corrected chi connectivity index (χ2v) is 3.88. The van der Waals surface area contributed by atoms with Gasteiger partial charge >= 0.3 is 6.01 Å². The molecule has 0 unspecified atom stereocenters. The third-order valence-corrected chi connectivity index (χ3v) is 2.46. The zero-order valence-electron chi connectivity index (χ0n) is 11.8. The summed E-state index contributed by atoms with van der Waals surface area (Å²) in [5.41, 5.74) is 0. The average molecular weight is 278 g/mol. The monoisotopic (exact) mass is 278 g/mol. The maximum Gasteiger partial charge on any atom is 0.323 e. The molecule has 2 aromatic rings. The minimum atomic E-state index is 0.274. The Morgan fingerprint density at radius 1 is 1.20 bits per heavy atom. The van der Waals surface area contributed by atoms with Crippen LogP contribution in [0.5, 0.6) is 6.01 Å². The number of aryl methyl sites for hydroxylation is 1. The van der Waals surface area contributed by atoms with Gasteiger partial charge in [-0.3, -0.25) is 0 Å². The van der Waals surface area contributed by atoms with E-state index in [0.29, 0.717) is 30.9 Å². The van der Waals surface area contributed by atoms with Crippen LogP contribution in [0.25, 0.3) is 0 Å². The quantitative estimate of drug-likeness (QED) is 0.785. The summed E-state index contributed by atoms with van der Waals surface area (Å²) in [6.45, 7) is 4.77. The largest absolute Gasteiger partial charge is 0.464 e. The van der Waals surface area contributed by atoms with Crippen molar-refractivity contribution in [2.45, 2.75) is 26.8 Å². The summed E-state index contributed by atoms with van der Waals surface area (Å²) in [6, 6.07) is 0.274. The zero-order chi connectivity index (χ0) is 14.4. The van der Waals surface area contributed by atoms with Crippen LogP contribution >= 0.6 is 0 Å². The molecule has 0 spiro atoms. The van der Waals surface area contributed by atoms with Crippen molar-refractivity contribution in [1.82, 2.24) is 19.9 Å². The Hall–Kier alpha value is -2.38. The van der Waals surface area contributed by atoms with Crippen molar-refractivity contribution in [3.05, 3.63) is 17.8 Å². The van der Waals surface area contributed by atoms with Gasteiger partial charge in [0.05, 0.1) is 19.3 Å². The Balaban J connectivity index is 2.05. The smallest absolute Gasteiger partial charge is 0.323 e. The molecule has 0 saturated carbocycles. The number of nitrogens with zero attached hydrogens (tertiary/aromatic N) is 4. The van der Waals surface area contributed by atoms with E-state index >= 15 is 0 Å². The standard InChI is InChI=1S/C12H18N6O2/c1-4-8-6-14-9(20-8)7-15-11-16-10(13-3)17-12(18-11)19-5-2/h6H,4-5,7H2,1-3H3,(H2,13,15,16,17,18).